The second kappa shape index (κ2) is 14.1. The van der Waals surface area contributed by atoms with Crippen LogP contribution in [0, 0.1) is 27.7 Å². The number of aromatic nitrogens is 2. The highest BCUT2D eigenvalue weighted by Gasteiger charge is 2.37. The van der Waals surface area contributed by atoms with Crippen molar-refractivity contribution in [1.82, 2.24) is 9.97 Å². The van der Waals surface area contributed by atoms with Gasteiger partial charge in [0.1, 0.15) is 0 Å². The highest BCUT2D eigenvalue weighted by molar-refractivity contribution is 5.98. The Morgan fingerprint density at radius 2 is 0.778 bits per heavy atom. The van der Waals surface area contributed by atoms with E-state index < -0.39 is 23.5 Å². The lowest BCUT2D eigenvalue weighted by Crippen LogP contribution is -2.10. The first-order chi connectivity index (χ1) is 25.7. The molecule has 0 fully saturated rings. The summed E-state index contributed by atoms with van der Waals surface area (Å²) in [6, 6.07) is 30.8. The fraction of sp³-hybridized carbons (Fsp3) is 0.130. The number of halogens is 6. The molecule has 0 saturated heterocycles. The predicted molar refractivity (Wildman–Crippen MR) is 204 cm³/mol. The lowest BCUT2D eigenvalue weighted by Gasteiger charge is -2.23. The first-order valence-corrected chi connectivity index (χ1v) is 17.3. The number of hydrogen-bond donors (Lipinski definition) is 0. The van der Waals surface area contributed by atoms with Gasteiger partial charge in [-0.3, -0.25) is 9.97 Å². The van der Waals surface area contributed by atoms with E-state index in [1.807, 2.05) is 107 Å². The molecule has 0 aliphatic rings. The van der Waals surface area contributed by atoms with E-state index in [-0.39, 0.29) is 22.3 Å². The van der Waals surface area contributed by atoms with E-state index >= 15 is 13.2 Å². The molecule has 8 heteroatoms. The number of rotatable bonds is 6. The zero-order valence-electron chi connectivity index (χ0n) is 29.9. The fourth-order valence-electron chi connectivity index (χ4n) is 7.14. The van der Waals surface area contributed by atoms with Gasteiger partial charge in [-0.2, -0.15) is 26.3 Å². The molecule has 0 amide bonds. The maximum atomic E-state index is 15.1. The van der Waals surface area contributed by atoms with Crippen LogP contribution >= 0.6 is 0 Å². The average Bonchev–Trinajstić information content (AvgIpc) is 3.14. The molecule has 0 unspecified atom stereocenters. The molecule has 2 nitrogen and oxygen atoms in total. The minimum Gasteiger partial charge on any atom is -0.264 e. The Hall–Kier alpha value is -6.02. The molecule has 7 rings (SSSR count). The SMILES string of the molecule is Cc1ccncc1-c1ccc(C)c(-c2cc(-c3ccccc3C)c(-c3cc(-c4cnccc4C(F)(F)F)ccc3C(F)(F)F)cc2-c2ccccc2C)c1. The van der Waals surface area contributed by atoms with Crippen molar-refractivity contribution in [3.63, 3.8) is 0 Å². The summed E-state index contributed by atoms with van der Waals surface area (Å²) in [5.74, 6) is 0. The lowest BCUT2D eigenvalue weighted by atomic mass is 9.81. The van der Waals surface area contributed by atoms with Gasteiger partial charge in [-0.15, -0.1) is 0 Å². The van der Waals surface area contributed by atoms with Crippen LogP contribution < -0.4 is 0 Å². The molecular formula is C46H34F6N2. The number of alkyl halides is 6. The fourth-order valence-corrected chi connectivity index (χ4v) is 7.14. The standard InChI is InChI=1S/C46H34F6N2/c1-27-9-5-7-11-33(27)36-24-39(40-22-32(15-16-43(40)45(47,48)49)42-26-54-20-18-44(42)46(50,51)52)37(34-12-8-6-10-28(34)2)23-38(36)35-21-31(14-13-29(35)3)41-25-53-19-17-30(41)4/h5-26H,1-4H3. The average molecular weight is 729 g/mol. The molecule has 2 heterocycles. The number of benzene rings is 5. The van der Waals surface area contributed by atoms with Crippen molar-refractivity contribution in [1.29, 1.82) is 0 Å². The predicted octanol–water partition coefficient (Wildman–Crippen LogP) is 13.7. The van der Waals surface area contributed by atoms with E-state index in [1.54, 1.807) is 12.3 Å². The molecule has 2 aromatic heterocycles. The molecule has 270 valence electrons. The van der Waals surface area contributed by atoms with Crippen LogP contribution in [0.15, 0.2) is 134 Å². The number of nitrogens with zero attached hydrogens (tertiary/aromatic N) is 2. The van der Waals surface area contributed by atoms with E-state index in [0.717, 1.165) is 80.7 Å². The summed E-state index contributed by atoms with van der Waals surface area (Å²) in [4.78, 5) is 8.26. The molecule has 0 N–H and O–H groups in total. The molecule has 0 radical (unpaired) electrons. The smallest absolute Gasteiger partial charge is 0.264 e. The molecule has 0 spiro atoms. The van der Waals surface area contributed by atoms with Crippen molar-refractivity contribution in [2.75, 3.05) is 0 Å². The van der Waals surface area contributed by atoms with Gasteiger partial charge in [-0.05, 0) is 148 Å². The van der Waals surface area contributed by atoms with Gasteiger partial charge in [0.05, 0.1) is 11.1 Å². The van der Waals surface area contributed by atoms with Crippen LogP contribution in [0.4, 0.5) is 26.3 Å². The van der Waals surface area contributed by atoms with Gasteiger partial charge in [-0.1, -0.05) is 66.7 Å². The molecular weight excluding hydrogens is 695 g/mol. The zero-order valence-corrected chi connectivity index (χ0v) is 29.9. The molecule has 7 aromatic rings. The maximum absolute atomic E-state index is 15.1. The molecule has 5 aromatic carbocycles. The first kappa shape index (κ1) is 36.3. The first-order valence-electron chi connectivity index (χ1n) is 17.3. The minimum absolute atomic E-state index is 0.0361. The van der Waals surface area contributed by atoms with Crippen molar-refractivity contribution in [2.45, 2.75) is 40.0 Å². The number of aryl methyl sites for hydroxylation is 4. The largest absolute Gasteiger partial charge is 0.417 e. The van der Waals surface area contributed by atoms with Crippen molar-refractivity contribution >= 4 is 0 Å². The second-order valence-electron chi connectivity index (χ2n) is 13.5. The van der Waals surface area contributed by atoms with Crippen LogP contribution in [-0.2, 0) is 12.4 Å². The summed E-state index contributed by atoms with van der Waals surface area (Å²) >= 11 is 0. The van der Waals surface area contributed by atoms with Gasteiger partial charge in [0.15, 0.2) is 0 Å². The molecule has 54 heavy (non-hydrogen) atoms. The van der Waals surface area contributed by atoms with Crippen molar-refractivity contribution in [3.05, 3.63) is 167 Å². The minimum atomic E-state index is -4.83. The van der Waals surface area contributed by atoms with Crippen LogP contribution in [0.25, 0.3) is 66.8 Å². The quantitative estimate of drug-likeness (QED) is 0.159. The Kier molecular flexibility index (Phi) is 9.48. The Morgan fingerprint density at radius 3 is 1.35 bits per heavy atom. The van der Waals surface area contributed by atoms with E-state index in [9.17, 15) is 13.2 Å². The van der Waals surface area contributed by atoms with E-state index in [4.69, 9.17) is 0 Å². The zero-order chi connectivity index (χ0) is 38.4. The van der Waals surface area contributed by atoms with E-state index in [2.05, 4.69) is 16.0 Å². The van der Waals surface area contributed by atoms with Crippen molar-refractivity contribution in [3.8, 4) is 66.8 Å². The second-order valence-corrected chi connectivity index (χ2v) is 13.5. The van der Waals surface area contributed by atoms with Crippen LogP contribution in [0.2, 0.25) is 0 Å². The van der Waals surface area contributed by atoms with Gasteiger partial charge >= 0.3 is 12.4 Å². The third-order valence-electron chi connectivity index (χ3n) is 9.96. The normalized spacial score (nSPS) is 11.9. The van der Waals surface area contributed by atoms with Gasteiger partial charge in [0.25, 0.3) is 0 Å². The van der Waals surface area contributed by atoms with Crippen LogP contribution in [0.5, 0.6) is 0 Å². The highest BCUT2D eigenvalue weighted by Crippen LogP contribution is 2.49. The van der Waals surface area contributed by atoms with Gasteiger partial charge < -0.3 is 0 Å². The van der Waals surface area contributed by atoms with Crippen LogP contribution in [0.1, 0.15) is 33.4 Å². The van der Waals surface area contributed by atoms with Gasteiger partial charge in [0, 0.05) is 35.9 Å². The Labute approximate surface area is 309 Å². The summed E-state index contributed by atoms with van der Waals surface area (Å²) in [5.41, 5.74) is 7.65. The third kappa shape index (κ3) is 6.92. The summed E-state index contributed by atoms with van der Waals surface area (Å²) < 4.78 is 87.9. The topological polar surface area (TPSA) is 25.8 Å². The molecule has 0 bridgehead atoms. The summed E-state index contributed by atoms with van der Waals surface area (Å²) in [6.45, 7) is 7.84. The molecule has 0 aliphatic carbocycles. The Balaban J connectivity index is 1.62. The Bertz CT molecular complexity index is 2530. The molecule has 0 atom stereocenters. The van der Waals surface area contributed by atoms with E-state index in [0.29, 0.717) is 16.7 Å². The van der Waals surface area contributed by atoms with Crippen molar-refractivity contribution in [2.24, 2.45) is 0 Å². The van der Waals surface area contributed by atoms with Crippen LogP contribution in [-0.4, -0.2) is 9.97 Å². The van der Waals surface area contributed by atoms with Gasteiger partial charge in [0.2, 0.25) is 0 Å². The number of pyridine rings is 2. The summed E-state index contributed by atoms with van der Waals surface area (Å²) in [7, 11) is 0. The maximum Gasteiger partial charge on any atom is 0.417 e. The van der Waals surface area contributed by atoms with Crippen LogP contribution in [0.3, 0.4) is 0 Å². The molecule has 0 saturated carbocycles. The lowest BCUT2D eigenvalue weighted by molar-refractivity contribution is -0.138. The third-order valence-corrected chi connectivity index (χ3v) is 9.96. The number of hydrogen-bond acceptors (Lipinski definition) is 2. The Morgan fingerprint density at radius 1 is 0.352 bits per heavy atom. The highest BCUT2D eigenvalue weighted by atomic mass is 19.4. The summed E-state index contributed by atoms with van der Waals surface area (Å²) in [5, 5.41) is 0. The van der Waals surface area contributed by atoms with E-state index in [1.165, 1.54) is 6.07 Å². The molecule has 0 aliphatic heterocycles. The van der Waals surface area contributed by atoms with Crippen molar-refractivity contribution < 1.29 is 26.3 Å². The van der Waals surface area contributed by atoms with Gasteiger partial charge in [-0.25, -0.2) is 0 Å². The summed E-state index contributed by atoms with van der Waals surface area (Å²) in [6.07, 6.45) is -3.97. The monoisotopic (exact) mass is 728 g/mol.